The Labute approximate surface area is 165 Å². The first-order valence-electron chi connectivity index (χ1n) is 8.89. The predicted octanol–water partition coefficient (Wildman–Crippen LogP) is 2.40. The summed E-state index contributed by atoms with van der Waals surface area (Å²) in [6.07, 6.45) is 2.51. The Morgan fingerprint density at radius 2 is 2.00 bits per heavy atom. The molecule has 154 valence electrons. The van der Waals surface area contributed by atoms with Crippen LogP contribution in [0.2, 0.25) is 0 Å². The second-order valence-electron chi connectivity index (χ2n) is 7.68. The number of carbonyl (C=O) groups excluding carboxylic acids is 1. The van der Waals surface area contributed by atoms with Crippen molar-refractivity contribution in [2.45, 2.75) is 51.2 Å². The molecule has 9 heteroatoms. The number of amides is 1. The van der Waals surface area contributed by atoms with Gasteiger partial charge in [0.15, 0.2) is 0 Å². The summed E-state index contributed by atoms with van der Waals surface area (Å²) in [5, 5.41) is 10.8. The summed E-state index contributed by atoms with van der Waals surface area (Å²) in [5.74, 6) is 0. The normalized spacial score (nSPS) is 13.4. The van der Waals surface area contributed by atoms with E-state index < -0.39 is 34.5 Å². The van der Waals surface area contributed by atoms with Crippen molar-refractivity contribution in [1.29, 1.82) is 0 Å². The van der Waals surface area contributed by atoms with E-state index in [0.29, 0.717) is 5.39 Å². The van der Waals surface area contributed by atoms with E-state index in [-0.39, 0.29) is 11.4 Å². The molecule has 2 rings (SSSR count). The molecule has 1 amide bonds. The SMILES string of the molecule is Cc1cncc2cccc(S(=O)(=O)N[C@@H](C)CN(CO)C(=O)OC(C)(C)C)c12. The maximum absolute atomic E-state index is 12.9. The van der Waals surface area contributed by atoms with Crippen LogP contribution in [0.15, 0.2) is 35.5 Å². The van der Waals surface area contributed by atoms with Gasteiger partial charge < -0.3 is 9.84 Å². The van der Waals surface area contributed by atoms with Gasteiger partial charge in [-0.1, -0.05) is 12.1 Å². The lowest BCUT2D eigenvalue weighted by molar-refractivity contribution is 0.00472. The summed E-state index contributed by atoms with van der Waals surface area (Å²) in [6.45, 7) is 7.92. The fourth-order valence-electron chi connectivity index (χ4n) is 2.81. The zero-order valence-electron chi connectivity index (χ0n) is 16.8. The van der Waals surface area contributed by atoms with Crippen LogP contribution in [0.1, 0.15) is 33.3 Å². The molecule has 8 nitrogen and oxygen atoms in total. The highest BCUT2D eigenvalue weighted by molar-refractivity contribution is 7.89. The van der Waals surface area contributed by atoms with Gasteiger partial charge in [0.25, 0.3) is 0 Å². The Morgan fingerprint density at radius 3 is 2.61 bits per heavy atom. The molecule has 0 spiro atoms. The monoisotopic (exact) mass is 409 g/mol. The fourth-order valence-corrected chi connectivity index (χ4v) is 4.34. The lowest BCUT2D eigenvalue weighted by Crippen LogP contribution is -2.46. The third kappa shape index (κ3) is 5.40. The maximum Gasteiger partial charge on any atom is 0.412 e. The Kier molecular flexibility index (Phi) is 6.63. The van der Waals surface area contributed by atoms with Crippen LogP contribution in [0.25, 0.3) is 10.8 Å². The van der Waals surface area contributed by atoms with Crippen molar-refractivity contribution in [1.82, 2.24) is 14.6 Å². The second kappa shape index (κ2) is 8.42. The van der Waals surface area contributed by atoms with E-state index in [4.69, 9.17) is 4.74 Å². The topological polar surface area (TPSA) is 109 Å². The van der Waals surface area contributed by atoms with Crippen molar-refractivity contribution in [3.05, 3.63) is 36.2 Å². The van der Waals surface area contributed by atoms with Crippen LogP contribution in [-0.2, 0) is 14.8 Å². The van der Waals surface area contributed by atoms with Gasteiger partial charge in [0.2, 0.25) is 10.0 Å². The van der Waals surface area contributed by atoms with Crippen LogP contribution in [0.3, 0.4) is 0 Å². The number of aryl methyl sites for hydroxylation is 1. The molecule has 0 unspecified atom stereocenters. The first kappa shape index (κ1) is 22.1. The first-order valence-corrected chi connectivity index (χ1v) is 10.4. The summed E-state index contributed by atoms with van der Waals surface area (Å²) >= 11 is 0. The minimum absolute atomic E-state index is 0.0457. The standard InChI is InChI=1S/C19H27N3O5S/c1-13-9-20-10-15-7-6-8-16(17(13)15)28(25,26)21-14(2)11-22(12-23)18(24)27-19(3,4)5/h6-10,14,21,23H,11-12H2,1-5H3/t14-/m0/s1. The number of nitrogens with one attached hydrogen (secondary N) is 1. The molecular weight excluding hydrogens is 382 g/mol. The molecule has 1 aromatic heterocycles. The Bertz CT molecular complexity index is 948. The van der Waals surface area contributed by atoms with Crippen molar-refractivity contribution in [3.8, 4) is 0 Å². The smallest absolute Gasteiger partial charge is 0.412 e. The molecular formula is C19H27N3O5S. The fraction of sp³-hybridized carbons (Fsp3) is 0.474. The number of nitrogens with zero attached hydrogens (tertiary/aromatic N) is 2. The van der Waals surface area contributed by atoms with Gasteiger partial charge >= 0.3 is 6.09 Å². The largest absolute Gasteiger partial charge is 0.444 e. The molecule has 0 aliphatic heterocycles. The van der Waals surface area contributed by atoms with Gasteiger partial charge in [0, 0.05) is 35.8 Å². The number of rotatable bonds is 6. The third-order valence-corrected chi connectivity index (χ3v) is 5.53. The van der Waals surface area contributed by atoms with Gasteiger partial charge in [0.1, 0.15) is 12.3 Å². The lowest BCUT2D eigenvalue weighted by Gasteiger charge is -2.28. The minimum atomic E-state index is -3.86. The zero-order chi connectivity index (χ0) is 21.1. The van der Waals surface area contributed by atoms with E-state index in [9.17, 15) is 18.3 Å². The average molecular weight is 410 g/mol. The number of pyridine rings is 1. The molecule has 0 aliphatic carbocycles. The van der Waals surface area contributed by atoms with Gasteiger partial charge in [-0.3, -0.25) is 9.88 Å². The molecule has 1 aromatic carbocycles. The first-order chi connectivity index (χ1) is 12.9. The zero-order valence-corrected chi connectivity index (χ0v) is 17.6. The van der Waals surface area contributed by atoms with Crippen molar-refractivity contribution < 1.29 is 23.1 Å². The van der Waals surface area contributed by atoms with Crippen LogP contribution in [-0.4, -0.2) is 54.4 Å². The second-order valence-corrected chi connectivity index (χ2v) is 9.36. The van der Waals surface area contributed by atoms with E-state index in [1.165, 1.54) is 6.07 Å². The molecule has 0 fully saturated rings. The molecule has 0 saturated heterocycles. The summed E-state index contributed by atoms with van der Waals surface area (Å²) in [7, 11) is -3.86. The Balaban J connectivity index is 2.21. The highest BCUT2D eigenvalue weighted by Gasteiger charge is 2.26. The maximum atomic E-state index is 12.9. The molecule has 2 N–H and O–H groups in total. The number of ether oxygens (including phenoxy) is 1. The molecule has 0 bridgehead atoms. The number of aliphatic hydroxyl groups is 1. The summed E-state index contributed by atoms with van der Waals surface area (Å²) in [5.41, 5.74) is 0.0266. The molecule has 0 aliphatic rings. The minimum Gasteiger partial charge on any atom is -0.444 e. The van der Waals surface area contributed by atoms with Crippen LogP contribution in [0, 0.1) is 6.92 Å². The number of benzene rings is 1. The highest BCUT2D eigenvalue weighted by Crippen LogP contribution is 2.25. The quantitative estimate of drug-likeness (QED) is 0.709. The van der Waals surface area contributed by atoms with Crippen LogP contribution >= 0.6 is 0 Å². The van der Waals surface area contributed by atoms with Crippen molar-refractivity contribution in [2.75, 3.05) is 13.3 Å². The molecule has 0 radical (unpaired) electrons. The van der Waals surface area contributed by atoms with Crippen LogP contribution < -0.4 is 4.72 Å². The predicted molar refractivity (Wildman–Crippen MR) is 106 cm³/mol. The Morgan fingerprint density at radius 1 is 1.32 bits per heavy atom. The number of sulfonamides is 1. The summed E-state index contributed by atoms with van der Waals surface area (Å²) in [4.78, 5) is 17.4. The number of aromatic nitrogens is 1. The number of aliphatic hydroxyl groups excluding tert-OH is 1. The summed E-state index contributed by atoms with van der Waals surface area (Å²) in [6, 6.07) is 4.33. The van der Waals surface area contributed by atoms with E-state index in [2.05, 4.69) is 9.71 Å². The van der Waals surface area contributed by atoms with Gasteiger partial charge in [-0.25, -0.2) is 17.9 Å². The van der Waals surface area contributed by atoms with E-state index in [0.717, 1.165) is 15.8 Å². The number of hydrogen-bond acceptors (Lipinski definition) is 6. The highest BCUT2D eigenvalue weighted by atomic mass is 32.2. The van der Waals surface area contributed by atoms with E-state index >= 15 is 0 Å². The van der Waals surface area contributed by atoms with Gasteiger partial charge in [0.05, 0.1) is 4.90 Å². The molecule has 1 heterocycles. The van der Waals surface area contributed by atoms with Gasteiger partial charge in [-0.2, -0.15) is 0 Å². The number of carbonyl (C=O) groups is 1. The van der Waals surface area contributed by atoms with Crippen LogP contribution in [0.5, 0.6) is 0 Å². The van der Waals surface area contributed by atoms with E-state index in [1.54, 1.807) is 59.1 Å². The number of hydrogen-bond donors (Lipinski definition) is 2. The van der Waals surface area contributed by atoms with Gasteiger partial charge in [-0.15, -0.1) is 0 Å². The molecule has 2 aromatic rings. The van der Waals surface area contributed by atoms with Gasteiger partial charge in [-0.05, 0) is 46.2 Å². The number of fused-ring (bicyclic) bond motifs is 1. The molecule has 1 atom stereocenters. The lowest BCUT2D eigenvalue weighted by atomic mass is 10.1. The van der Waals surface area contributed by atoms with Crippen molar-refractivity contribution in [3.63, 3.8) is 0 Å². The molecule has 0 saturated carbocycles. The molecule has 28 heavy (non-hydrogen) atoms. The van der Waals surface area contributed by atoms with Crippen LogP contribution in [0.4, 0.5) is 4.79 Å². The van der Waals surface area contributed by atoms with Crippen molar-refractivity contribution >= 4 is 26.9 Å². The van der Waals surface area contributed by atoms with Crippen molar-refractivity contribution in [2.24, 2.45) is 0 Å². The Hall–Kier alpha value is -2.23. The van der Waals surface area contributed by atoms with E-state index in [1.807, 2.05) is 0 Å². The third-order valence-electron chi connectivity index (χ3n) is 3.90. The average Bonchev–Trinajstić information content (AvgIpc) is 2.57. The summed E-state index contributed by atoms with van der Waals surface area (Å²) < 4.78 is 33.7.